The van der Waals surface area contributed by atoms with Crippen molar-refractivity contribution in [2.24, 2.45) is 11.7 Å². The molecular formula is C34H44N2O7. The number of nitrogens with two attached hydrogens (primary N) is 1. The molecule has 9 heteroatoms. The van der Waals surface area contributed by atoms with Crippen molar-refractivity contribution >= 4 is 11.9 Å². The summed E-state index contributed by atoms with van der Waals surface area (Å²) in [4.78, 5) is 23.5. The second-order valence-electron chi connectivity index (χ2n) is 10.4. The molecule has 0 aliphatic carbocycles. The third-order valence-corrected chi connectivity index (χ3v) is 7.51. The van der Waals surface area contributed by atoms with E-state index in [9.17, 15) is 14.7 Å². The summed E-state index contributed by atoms with van der Waals surface area (Å²) < 4.78 is 22.3. The van der Waals surface area contributed by atoms with E-state index in [2.05, 4.69) is 10.1 Å². The van der Waals surface area contributed by atoms with Crippen LogP contribution in [-0.4, -0.2) is 64.1 Å². The van der Waals surface area contributed by atoms with Crippen molar-refractivity contribution in [1.82, 2.24) is 5.32 Å². The van der Waals surface area contributed by atoms with Crippen LogP contribution in [0.4, 0.5) is 0 Å². The van der Waals surface area contributed by atoms with Crippen LogP contribution in [0.1, 0.15) is 48.8 Å². The lowest BCUT2D eigenvalue weighted by atomic mass is 9.79. The number of nitrogens with one attached hydrogen (secondary N) is 1. The van der Waals surface area contributed by atoms with Gasteiger partial charge in [0.05, 0.1) is 27.9 Å². The highest BCUT2D eigenvalue weighted by Crippen LogP contribution is 2.42. The smallest absolute Gasteiger partial charge is 0.322 e. The summed E-state index contributed by atoms with van der Waals surface area (Å²) >= 11 is 0. The van der Waals surface area contributed by atoms with Crippen molar-refractivity contribution in [2.75, 3.05) is 41.1 Å². The van der Waals surface area contributed by atoms with Crippen LogP contribution in [0.25, 0.3) is 0 Å². The fourth-order valence-electron chi connectivity index (χ4n) is 4.97. The lowest BCUT2D eigenvalue weighted by Crippen LogP contribution is -2.35. The van der Waals surface area contributed by atoms with Gasteiger partial charge in [0.25, 0.3) is 0 Å². The van der Waals surface area contributed by atoms with Crippen LogP contribution in [0.2, 0.25) is 0 Å². The van der Waals surface area contributed by atoms with Crippen molar-refractivity contribution in [3.63, 3.8) is 0 Å². The molecule has 0 aromatic heterocycles. The first kappa shape index (κ1) is 33.6. The van der Waals surface area contributed by atoms with Gasteiger partial charge in [-0.2, -0.15) is 0 Å². The van der Waals surface area contributed by atoms with Gasteiger partial charge in [0, 0.05) is 25.5 Å². The van der Waals surface area contributed by atoms with Crippen LogP contribution < -0.4 is 20.5 Å². The van der Waals surface area contributed by atoms with Gasteiger partial charge < -0.3 is 35.1 Å². The van der Waals surface area contributed by atoms with E-state index >= 15 is 0 Å². The molecule has 0 saturated heterocycles. The number of hydrogen-bond acceptors (Lipinski definition) is 8. The summed E-state index contributed by atoms with van der Waals surface area (Å²) in [5.74, 6) is 0.681. The summed E-state index contributed by atoms with van der Waals surface area (Å²) in [5, 5.41) is 13.1. The van der Waals surface area contributed by atoms with Gasteiger partial charge in [-0.1, -0.05) is 61.0 Å². The van der Waals surface area contributed by atoms with E-state index in [0.717, 1.165) is 47.5 Å². The second-order valence-corrected chi connectivity index (χ2v) is 10.4. The molecule has 0 radical (unpaired) electrons. The van der Waals surface area contributed by atoms with E-state index in [1.165, 1.54) is 7.11 Å². The number of amides is 1. The fraction of sp³-hybridized carbons (Fsp3) is 0.412. The fourth-order valence-corrected chi connectivity index (χ4v) is 4.97. The minimum absolute atomic E-state index is 0.0339. The van der Waals surface area contributed by atoms with E-state index in [1.54, 1.807) is 14.2 Å². The lowest BCUT2D eigenvalue weighted by Gasteiger charge is -2.37. The van der Waals surface area contributed by atoms with Gasteiger partial charge in [-0.05, 0) is 60.2 Å². The molecule has 3 aromatic rings. The Labute approximate surface area is 254 Å². The van der Waals surface area contributed by atoms with Gasteiger partial charge in [0.15, 0.2) is 0 Å². The first-order chi connectivity index (χ1) is 20.9. The maximum atomic E-state index is 12.1. The monoisotopic (exact) mass is 592 g/mol. The summed E-state index contributed by atoms with van der Waals surface area (Å²) in [6.07, 6.45) is 2.64. The molecule has 9 nitrogen and oxygen atoms in total. The zero-order valence-corrected chi connectivity index (χ0v) is 25.3. The second kappa shape index (κ2) is 17.3. The number of methoxy groups -OCH3 is 3. The molecule has 0 aliphatic heterocycles. The van der Waals surface area contributed by atoms with E-state index in [4.69, 9.17) is 19.9 Å². The third kappa shape index (κ3) is 9.28. The predicted octanol–water partition coefficient (Wildman–Crippen LogP) is 4.19. The molecule has 1 amide bonds. The molecule has 4 N–H and O–H groups in total. The highest BCUT2D eigenvalue weighted by Gasteiger charge is 2.38. The van der Waals surface area contributed by atoms with E-state index in [1.807, 2.05) is 78.9 Å². The Balaban J connectivity index is 1.71. The molecule has 3 rings (SSSR count). The van der Waals surface area contributed by atoms with E-state index in [0.29, 0.717) is 13.2 Å². The molecule has 0 aliphatic rings. The number of aliphatic hydroxyl groups excluding tert-OH is 1. The zero-order chi connectivity index (χ0) is 31.1. The summed E-state index contributed by atoms with van der Waals surface area (Å²) in [5.41, 5.74) is 7.55. The Morgan fingerprint density at radius 1 is 0.814 bits per heavy atom. The highest BCUT2D eigenvalue weighted by atomic mass is 16.5. The first-order valence-corrected chi connectivity index (χ1v) is 14.6. The molecule has 43 heavy (non-hydrogen) atoms. The van der Waals surface area contributed by atoms with E-state index in [-0.39, 0.29) is 31.3 Å². The largest absolute Gasteiger partial charge is 0.497 e. The molecule has 3 aromatic carbocycles. The van der Waals surface area contributed by atoms with Gasteiger partial charge in [0.1, 0.15) is 23.1 Å². The highest BCUT2D eigenvalue weighted by molar-refractivity contribution is 5.79. The zero-order valence-electron chi connectivity index (χ0n) is 25.3. The Hall–Kier alpha value is -3.92. The molecule has 2 unspecified atom stereocenters. The minimum Gasteiger partial charge on any atom is -0.497 e. The summed E-state index contributed by atoms with van der Waals surface area (Å²) in [7, 11) is 4.54. The number of benzene rings is 3. The SMILES string of the molecule is COC(=O)C(N)CCC(=O)NCCCCC(CO)COC(c1ccccc1)(c1ccc(OC)cc1)c1ccc(OC)cc1. The maximum absolute atomic E-state index is 12.1. The average molecular weight is 593 g/mol. The molecule has 232 valence electrons. The number of carbonyl (C=O) groups excluding carboxylic acids is 2. The molecule has 0 heterocycles. The quantitative estimate of drug-likeness (QED) is 0.114. The van der Waals surface area contributed by atoms with Crippen LogP contribution in [0.15, 0.2) is 78.9 Å². The van der Waals surface area contributed by atoms with Gasteiger partial charge in [-0.3, -0.25) is 9.59 Å². The van der Waals surface area contributed by atoms with Crippen LogP contribution in [-0.2, 0) is 24.7 Å². The molecule has 0 fully saturated rings. The number of hydrogen-bond donors (Lipinski definition) is 3. The van der Waals surface area contributed by atoms with Crippen molar-refractivity contribution in [1.29, 1.82) is 0 Å². The van der Waals surface area contributed by atoms with Gasteiger partial charge >= 0.3 is 5.97 Å². The summed E-state index contributed by atoms with van der Waals surface area (Å²) in [6, 6.07) is 24.9. The number of unbranched alkanes of at least 4 members (excludes halogenated alkanes) is 1. The van der Waals surface area contributed by atoms with Gasteiger partial charge in [-0.25, -0.2) is 0 Å². The molecule has 0 bridgehead atoms. The number of ether oxygens (including phenoxy) is 4. The lowest BCUT2D eigenvalue weighted by molar-refractivity contribution is -0.142. The average Bonchev–Trinajstić information content (AvgIpc) is 3.06. The Morgan fingerprint density at radius 2 is 1.37 bits per heavy atom. The van der Waals surface area contributed by atoms with Crippen LogP contribution in [0, 0.1) is 5.92 Å². The Bertz CT molecular complexity index is 1200. The van der Waals surface area contributed by atoms with Crippen molar-refractivity contribution in [3.8, 4) is 11.5 Å². The minimum atomic E-state index is -0.952. The van der Waals surface area contributed by atoms with Gasteiger partial charge in [-0.15, -0.1) is 0 Å². The van der Waals surface area contributed by atoms with Crippen LogP contribution in [0.3, 0.4) is 0 Å². The Kier molecular flexibility index (Phi) is 13.5. The molecule has 0 spiro atoms. The number of esters is 1. The molecule has 2 atom stereocenters. The number of carbonyl (C=O) groups is 2. The van der Waals surface area contributed by atoms with Crippen LogP contribution >= 0.6 is 0 Å². The van der Waals surface area contributed by atoms with Crippen LogP contribution in [0.5, 0.6) is 11.5 Å². The van der Waals surface area contributed by atoms with Crippen molar-refractivity contribution in [2.45, 2.75) is 43.7 Å². The van der Waals surface area contributed by atoms with Crippen molar-refractivity contribution < 1.29 is 33.6 Å². The number of aliphatic hydroxyl groups is 1. The normalized spacial score (nSPS) is 12.7. The number of rotatable bonds is 18. The third-order valence-electron chi connectivity index (χ3n) is 7.51. The molecular weight excluding hydrogens is 548 g/mol. The van der Waals surface area contributed by atoms with E-state index < -0.39 is 17.6 Å². The summed E-state index contributed by atoms with van der Waals surface area (Å²) in [6.45, 7) is 0.770. The van der Waals surface area contributed by atoms with Crippen molar-refractivity contribution in [3.05, 3.63) is 95.6 Å². The first-order valence-electron chi connectivity index (χ1n) is 14.6. The topological polar surface area (TPSA) is 129 Å². The molecule has 0 saturated carbocycles. The maximum Gasteiger partial charge on any atom is 0.322 e. The Morgan fingerprint density at radius 3 is 1.88 bits per heavy atom. The standard InChI is InChI=1S/C34H44N2O7/c1-40-29-16-12-27(13-17-29)34(26-10-5-4-6-11-26,28-14-18-30(41-2)19-15-28)43-24-25(23-37)9-7-8-22-36-32(38)21-20-31(35)33(39)42-3/h4-6,10-19,25,31,37H,7-9,20-24,35H2,1-3H3,(H,36,38). The predicted molar refractivity (Wildman–Crippen MR) is 165 cm³/mol. The van der Waals surface area contributed by atoms with Gasteiger partial charge in [0.2, 0.25) is 5.91 Å².